The van der Waals surface area contributed by atoms with E-state index < -0.39 is 0 Å². The third kappa shape index (κ3) is 4.40. The van der Waals surface area contributed by atoms with E-state index in [9.17, 15) is 9.59 Å². The van der Waals surface area contributed by atoms with E-state index in [4.69, 9.17) is 4.98 Å². The van der Waals surface area contributed by atoms with E-state index in [1.807, 2.05) is 116 Å². The van der Waals surface area contributed by atoms with Gasteiger partial charge in [0.2, 0.25) is 0 Å². The van der Waals surface area contributed by atoms with Gasteiger partial charge in [-0.15, -0.1) is 0 Å². The highest BCUT2D eigenvalue weighted by Gasteiger charge is 2.29. The smallest absolute Gasteiger partial charge is 0.261 e. The van der Waals surface area contributed by atoms with Crippen molar-refractivity contribution in [2.45, 2.75) is 39.4 Å². The van der Waals surface area contributed by atoms with Gasteiger partial charge in [-0.3, -0.25) is 14.2 Å². The van der Waals surface area contributed by atoms with Crippen LogP contribution in [0.25, 0.3) is 21.7 Å². The van der Waals surface area contributed by atoms with E-state index in [0.717, 1.165) is 16.3 Å². The zero-order valence-corrected chi connectivity index (χ0v) is 20.6. The van der Waals surface area contributed by atoms with Gasteiger partial charge in [-0.2, -0.15) is 0 Å². The predicted molar refractivity (Wildman–Crippen MR) is 145 cm³/mol. The van der Waals surface area contributed by atoms with E-state index in [-0.39, 0.29) is 17.5 Å². The molecule has 1 amide bonds. The van der Waals surface area contributed by atoms with Gasteiger partial charge in [0, 0.05) is 18.7 Å². The molecule has 5 heteroatoms. The molecule has 36 heavy (non-hydrogen) atoms. The van der Waals surface area contributed by atoms with Gasteiger partial charge in [0.15, 0.2) is 0 Å². The van der Waals surface area contributed by atoms with Gasteiger partial charge in [-0.1, -0.05) is 79.7 Å². The lowest BCUT2D eigenvalue weighted by molar-refractivity contribution is 0.0638. The Morgan fingerprint density at radius 3 is 2.31 bits per heavy atom. The second kappa shape index (κ2) is 10.2. The average molecular weight is 476 g/mol. The van der Waals surface area contributed by atoms with Crippen molar-refractivity contribution in [2.24, 2.45) is 0 Å². The highest BCUT2D eigenvalue weighted by Crippen LogP contribution is 2.28. The van der Waals surface area contributed by atoms with Crippen LogP contribution >= 0.6 is 0 Å². The summed E-state index contributed by atoms with van der Waals surface area (Å²) in [4.78, 5) is 34.3. The molecule has 1 unspecified atom stereocenters. The lowest BCUT2D eigenvalue weighted by atomic mass is 10.0. The number of rotatable bonds is 7. The average Bonchev–Trinajstić information content (AvgIpc) is 2.93. The summed E-state index contributed by atoms with van der Waals surface area (Å²) in [5.41, 5.74) is 2.22. The molecule has 5 rings (SSSR count). The molecule has 0 radical (unpaired) electrons. The maximum absolute atomic E-state index is 14.1. The molecule has 180 valence electrons. The molecule has 0 N–H and O–H groups in total. The molecular formula is C31H29N3O2. The van der Waals surface area contributed by atoms with Crippen molar-refractivity contribution in [3.8, 4) is 0 Å². The number of hydrogen-bond donors (Lipinski definition) is 0. The maximum atomic E-state index is 14.1. The molecule has 0 saturated heterocycles. The lowest BCUT2D eigenvalue weighted by Gasteiger charge is -2.32. The molecule has 0 fully saturated rings. The summed E-state index contributed by atoms with van der Waals surface area (Å²) in [6, 6.07) is 30.9. The first-order valence-electron chi connectivity index (χ1n) is 12.4. The molecule has 0 aliphatic heterocycles. The Kier molecular flexibility index (Phi) is 6.63. The number of carbonyl (C=O) groups excluding carboxylic acids is 1. The van der Waals surface area contributed by atoms with E-state index in [1.165, 1.54) is 0 Å². The second-order valence-corrected chi connectivity index (χ2v) is 8.94. The van der Waals surface area contributed by atoms with Crippen LogP contribution in [0.3, 0.4) is 0 Å². The Morgan fingerprint density at radius 2 is 1.56 bits per heavy atom. The lowest BCUT2D eigenvalue weighted by Crippen LogP contribution is -2.38. The fourth-order valence-corrected chi connectivity index (χ4v) is 4.88. The summed E-state index contributed by atoms with van der Waals surface area (Å²) in [5.74, 6) is 0.537. The summed E-state index contributed by atoms with van der Waals surface area (Å²) < 4.78 is 1.71. The highest BCUT2D eigenvalue weighted by molar-refractivity contribution is 5.98. The predicted octanol–water partition coefficient (Wildman–Crippen LogP) is 6.36. The monoisotopic (exact) mass is 475 g/mol. The first-order valence-corrected chi connectivity index (χ1v) is 12.4. The first-order chi connectivity index (χ1) is 17.6. The minimum absolute atomic E-state index is 0.0747. The number of para-hydroxylation sites is 1. The number of amides is 1. The van der Waals surface area contributed by atoms with Crippen LogP contribution in [0.4, 0.5) is 0 Å². The van der Waals surface area contributed by atoms with Gasteiger partial charge >= 0.3 is 0 Å². The SMILES string of the molecule is CCC(c1nc2ccccc2c(=O)n1CC)N(Cc1ccccc1)C(=O)c1ccc2ccccc2c1. The molecule has 0 aliphatic carbocycles. The summed E-state index contributed by atoms with van der Waals surface area (Å²) >= 11 is 0. The van der Waals surface area contributed by atoms with Crippen LogP contribution in [0.15, 0.2) is 102 Å². The third-order valence-corrected chi connectivity index (χ3v) is 6.72. The van der Waals surface area contributed by atoms with Gasteiger partial charge in [0.05, 0.1) is 16.9 Å². The number of aromatic nitrogens is 2. The summed E-state index contributed by atoms with van der Waals surface area (Å²) in [7, 11) is 0. The molecule has 0 aliphatic rings. The van der Waals surface area contributed by atoms with Gasteiger partial charge in [0.25, 0.3) is 11.5 Å². The fourth-order valence-electron chi connectivity index (χ4n) is 4.88. The van der Waals surface area contributed by atoms with Crippen LogP contribution in [-0.4, -0.2) is 20.4 Å². The Labute approximate surface area is 210 Å². The largest absolute Gasteiger partial charge is 0.324 e. The molecule has 1 atom stereocenters. The van der Waals surface area contributed by atoms with Crippen LogP contribution in [0.5, 0.6) is 0 Å². The number of nitrogens with zero attached hydrogens (tertiary/aromatic N) is 3. The second-order valence-electron chi connectivity index (χ2n) is 8.94. The molecule has 0 bridgehead atoms. The van der Waals surface area contributed by atoms with Crippen LogP contribution in [0, 0.1) is 0 Å². The Bertz CT molecular complexity index is 1590. The normalized spacial score (nSPS) is 12.1. The van der Waals surface area contributed by atoms with Crippen molar-refractivity contribution in [2.75, 3.05) is 0 Å². The van der Waals surface area contributed by atoms with Crippen molar-refractivity contribution >= 4 is 27.6 Å². The fraction of sp³-hybridized carbons (Fsp3) is 0.194. The summed E-state index contributed by atoms with van der Waals surface area (Å²) in [6.07, 6.45) is 0.622. The van der Waals surface area contributed by atoms with Crippen molar-refractivity contribution in [3.63, 3.8) is 0 Å². The third-order valence-electron chi connectivity index (χ3n) is 6.72. The van der Waals surface area contributed by atoms with E-state index in [2.05, 4.69) is 0 Å². The summed E-state index contributed by atoms with van der Waals surface area (Å²) in [6.45, 7) is 4.88. The van der Waals surface area contributed by atoms with Gasteiger partial charge in [-0.25, -0.2) is 4.98 Å². The standard InChI is InChI=1S/C31H29N3O2/c1-3-28(29-32-27-17-11-10-16-26(27)31(36)33(29)4-2)34(21-22-12-6-5-7-13-22)30(35)25-19-18-23-14-8-9-15-24(23)20-25/h5-20,28H,3-4,21H2,1-2H3. The number of carbonyl (C=O) groups is 1. The minimum atomic E-state index is -0.374. The van der Waals surface area contributed by atoms with Crippen LogP contribution in [-0.2, 0) is 13.1 Å². The van der Waals surface area contributed by atoms with Crippen LogP contribution < -0.4 is 5.56 Å². The van der Waals surface area contributed by atoms with Gasteiger partial charge in [-0.05, 0) is 53.9 Å². The van der Waals surface area contributed by atoms with Crippen LogP contribution in [0.2, 0.25) is 0 Å². The first kappa shape index (κ1) is 23.5. The molecule has 0 spiro atoms. The van der Waals surface area contributed by atoms with Crippen molar-refractivity contribution in [1.29, 1.82) is 0 Å². The molecule has 1 aromatic heterocycles. The van der Waals surface area contributed by atoms with Crippen molar-refractivity contribution < 1.29 is 4.79 Å². The quantitative estimate of drug-likeness (QED) is 0.275. The minimum Gasteiger partial charge on any atom is -0.324 e. The summed E-state index contributed by atoms with van der Waals surface area (Å²) in [5, 5.41) is 2.70. The van der Waals surface area contributed by atoms with E-state index >= 15 is 0 Å². The molecule has 5 nitrogen and oxygen atoms in total. The molecule has 4 aromatic carbocycles. The Morgan fingerprint density at radius 1 is 0.861 bits per heavy atom. The number of hydrogen-bond acceptors (Lipinski definition) is 3. The van der Waals surface area contributed by atoms with E-state index in [1.54, 1.807) is 4.57 Å². The highest BCUT2D eigenvalue weighted by atomic mass is 16.2. The molecule has 1 heterocycles. The topological polar surface area (TPSA) is 55.2 Å². The molecule has 5 aromatic rings. The van der Waals surface area contributed by atoms with Crippen molar-refractivity contribution in [3.05, 3.63) is 124 Å². The Balaban J connectivity index is 1.66. The van der Waals surface area contributed by atoms with Crippen LogP contribution in [0.1, 0.15) is 48.1 Å². The zero-order chi connectivity index (χ0) is 25.1. The Hall–Kier alpha value is -4.25. The maximum Gasteiger partial charge on any atom is 0.261 e. The molecular weight excluding hydrogens is 446 g/mol. The number of benzene rings is 4. The van der Waals surface area contributed by atoms with Crippen molar-refractivity contribution in [1.82, 2.24) is 14.5 Å². The van der Waals surface area contributed by atoms with E-state index in [0.29, 0.717) is 41.8 Å². The molecule has 0 saturated carbocycles. The van der Waals surface area contributed by atoms with Gasteiger partial charge < -0.3 is 4.90 Å². The number of fused-ring (bicyclic) bond motifs is 2. The zero-order valence-electron chi connectivity index (χ0n) is 20.6. The van der Waals surface area contributed by atoms with Gasteiger partial charge in [0.1, 0.15) is 5.82 Å².